The zero-order valence-electron chi connectivity index (χ0n) is 7.66. The van der Waals surface area contributed by atoms with Crippen molar-refractivity contribution in [2.45, 2.75) is 12.5 Å². The highest BCUT2D eigenvalue weighted by Crippen LogP contribution is 2.26. The molecule has 2 rings (SSSR count). The van der Waals surface area contributed by atoms with Crippen LogP contribution in [0.25, 0.3) is 0 Å². The first-order valence-electron chi connectivity index (χ1n) is 4.48. The molecule has 1 radical (unpaired) electrons. The van der Waals surface area contributed by atoms with E-state index in [1.165, 1.54) is 5.56 Å². The van der Waals surface area contributed by atoms with Crippen molar-refractivity contribution in [3.05, 3.63) is 35.4 Å². The molecule has 0 saturated heterocycles. The summed E-state index contributed by atoms with van der Waals surface area (Å²) in [5, 5.41) is 0. The zero-order valence-corrected chi connectivity index (χ0v) is 7.66. The van der Waals surface area contributed by atoms with Crippen LogP contribution < -0.4 is 0 Å². The zero-order chi connectivity index (χ0) is 9.26. The van der Waals surface area contributed by atoms with Crippen molar-refractivity contribution >= 4 is 6.29 Å². The van der Waals surface area contributed by atoms with Gasteiger partial charge in [-0.15, -0.1) is 0 Å². The first-order chi connectivity index (χ1) is 6.33. The summed E-state index contributed by atoms with van der Waals surface area (Å²) in [7, 11) is 1.96. The fraction of sp³-hybridized carbons (Fsp3) is 0.364. The topological polar surface area (TPSA) is 20.3 Å². The van der Waals surface area contributed by atoms with Crippen LogP contribution in [0.3, 0.4) is 0 Å². The van der Waals surface area contributed by atoms with Gasteiger partial charge in [-0.3, -0.25) is 9.69 Å². The van der Waals surface area contributed by atoms with Crippen molar-refractivity contribution < 1.29 is 4.79 Å². The van der Waals surface area contributed by atoms with Crippen LogP contribution in [-0.2, 0) is 11.2 Å². The average Bonchev–Trinajstić information content (AvgIpc) is 2.18. The van der Waals surface area contributed by atoms with E-state index < -0.39 is 0 Å². The highest BCUT2D eigenvalue weighted by atomic mass is 16.1. The van der Waals surface area contributed by atoms with Gasteiger partial charge in [0.05, 0.1) is 0 Å². The van der Waals surface area contributed by atoms with Crippen LogP contribution in [0.4, 0.5) is 0 Å². The van der Waals surface area contributed by atoms with Crippen molar-refractivity contribution in [2.24, 2.45) is 0 Å². The first-order valence-corrected chi connectivity index (χ1v) is 4.48. The van der Waals surface area contributed by atoms with E-state index in [9.17, 15) is 4.79 Å². The van der Waals surface area contributed by atoms with Crippen LogP contribution >= 0.6 is 0 Å². The van der Waals surface area contributed by atoms with Gasteiger partial charge in [0.2, 0.25) is 6.29 Å². The molecule has 1 heterocycles. The second kappa shape index (κ2) is 3.30. The monoisotopic (exact) mass is 174 g/mol. The summed E-state index contributed by atoms with van der Waals surface area (Å²) in [6.45, 7) is 0.941. The Morgan fingerprint density at radius 2 is 2.23 bits per heavy atom. The summed E-state index contributed by atoms with van der Waals surface area (Å²) in [5.74, 6) is 0. The predicted octanol–water partition coefficient (Wildman–Crippen LogP) is 1.33. The lowest BCUT2D eigenvalue weighted by atomic mass is 9.94. The van der Waals surface area contributed by atoms with Gasteiger partial charge in [-0.05, 0) is 24.6 Å². The number of benzene rings is 1. The van der Waals surface area contributed by atoms with Crippen LogP contribution in [0.2, 0.25) is 0 Å². The second-order valence-electron chi connectivity index (χ2n) is 3.45. The van der Waals surface area contributed by atoms with E-state index in [1.54, 1.807) is 0 Å². The molecule has 1 aromatic rings. The highest BCUT2D eigenvalue weighted by Gasteiger charge is 2.23. The highest BCUT2D eigenvalue weighted by molar-refractivity contribution is 5.64. The Kier molecular flexibility index (Phi) is 2.15. The second-order valence-corrected chi connectivity index (χ2v) is 3.45. The maximum atomic E-state index is 10.8. The van der Waals surface area contributed by atoms with Gasteiger partial charge in [-0.25, -0.2) is 0 Å². The van der Waals surface area contributed by atoms with Crippen LogP contribution in [0, 0.1) is 0 Å². The molecule has 0 aromatic heterocycles. The Hall–Kier alpha value is -1.15. The van der Waals surface area contributed by atoms with Crippen molar-refractivity contribution in [1.82, 2.24) is 4.90 Å². The molecule has 0 N–H and O–H groups in total. The molecule has 1 aliphatic heterocycles. The maximum absolute atomic E-state index is 10.8. The predicted molar refractivity (Wildman–Crippen MR) is 51.2 cm³/mol. The molecule has 1 aliphatic rings. The van der Waals surface area contributed by atoms with Gasteiger partial charge >= 0.3 is 0 Å². The minimum Gasteiger partial charge on any atom is -0.292 e. The lowest BCUT2D eigenvalue weighted by Gasteiger charge is -2.30. The number of hydrogen-bond acceptors (Lipinski definition) is 2. The summed E-state index contributed by atoms with van der Waals surface area (Å²) < 4.78 is 0. The molecule has 0 saturated carbocycles. The van der Waals surface area contributed by atoms with Gasteiger partial charge in [0.25, 0.3) is 0 Å². The van der Waals surface area contributed by atoms with Crippen LogP contribution in [-0.4, -0.2) is 24.8 Å². The van der Waals surface area contributed by atoms with E-state index >= 15 is 0 Å². The van der Waals surface area contributed by atoms with E-state index in [1.807, 2.05) is 30.1 Å². The number of fused-ring (bicyclic) bond motifs is 1. The Morgan fingerprint density at radius 1 is 1.46 bits per heavy atom. The summed E-state index contributed by atoms with van der Waals surface area (Å²) in [4.78, 5) is 12.8. The van der Waals surface area contributed by atoms with Gasteiger partial charge in [0.15, 0.2) is 0 Å². The Balaban J connectivity index is 2.45. The van der Waals surface area contributed by atoms with Gasteiger partial charge < -0.3 is 0 Å². The molecule has 0 bridgehead atoms. The number of nitrogens with zero attached hydrogens (tertiary/aromatic N) is 1. The third kappa shape index (κ3) is 1.38. The fourth-order valence-corrected chi connectivity index (χ4v) is 1.85. The quantitative estimate of drug-likeness (QED) is 0.640. The van der Waals surface area contributed by atoms with Gasteiger partial charge in [-0.1, -0.05) is 24.3 Å². The molecule has 2 nitrogen and oxygen atoms in total. The minimum atomic E-state index is -0.162. The van der Waals surface area contributed by atoms with Crippen molar-refractivity contribution in [1.29, 1.82) is 0 Å². The third-order valence-corrected chi connectivity index (χ3v) is 2.64. The molecule has 1 unspecified atom stereocenters. The molecule has 13 heavy (non-hydrogen) atoms. The Bertz CT molecular complexity index is 322. The molecule has 1 atom stereocenters. The van der Waals surface area contributed by atoms with Gasteiger partial charge in [0, 0.05) is 6.54 Å². The standard InChI is InChI=1S/C11H12NO/c1-12-7-6-9-4-2-3-5-10(9)11(12)8-13/h2-5,11H,6-7H2,1H3. The minimum absolute atomic E-state index is 0.162. The third-order valence-electron chi connectivity index (χ3n) is 2.64. The normalized spacial score (nSPS) is 22.4. The summed E-state index contributed by atoms with van der Waals surface area (Å²) in [5.41, 5.74) is 2.40. The number of likely N-dealkylation sites (N-methyl/N-ethyl adjacent to an activating group) is 1. The summed E-state index contributed by atoms with van der Waals surface area (Å²) in [6.07, 6.45) is 3.12. The van der Waals surface area contributed by atoms with Crippen LogP contribution in [0.15, 0.2) is 24.3 Å². The molecule has 0 aliphatic carbocycles. The lowest BCUT2D eigenvalue weighted by molar-refractivity contribution is 0.279. The van der Waals surface area contributed by atoms with E-state index in [-0.39, 0.29) is 6.04 Å². The van der Waals surface area contributed by atoms with E-state index in [4.69, 9.17) is 0 Å². The number of rotatable bonds is 1. The number of hydrogen-bond donors (Lipinski definition) is 0. The molecule has 67 valence electrons. The van der Waals surface area contributed by atoms with Crippen molar-refractivity contribution in [3.63, 3.8) is 0 Å². The maximum Gasteiger partial charge on any atom is 0.222 e. The van der Waals surface area contributed by atoms with Crippen molar-refractivity contribution in [2.75, 3.05) is 13.6 Å². The van der Waals surface area contributed by atoms with Crippen molar-refractivity contribution in [3.8, 4) is 0 Å². The molecule has 0 fully saturated rings. The van der Waals surface area contributed by atoms with E-state index in [0.717, 1.165) is 18.5 Å². The molecular weight excluding hydrogens is 162 g/mol. The largest absolute Gasteiger partial charge is 0.292 e. The Morgan fingerprint density at radius 3 is 3.00 bits per heavy atom. The Labute approximate surface area is 78.2 Å². The first kappa shape index (κ1) is 8.45. The lowest BCUT2D eigenvalue weighted by Crippen LogP contribution is -2.32. The fourth-order valence-electron chi connectivity index (χ4n) is 1.85. The summed E-state index contributed by atoms with van der Waals surface area (Å²) in [6, 6.07) is 7.94. The van der Waals surface area contributed by atoms with E-state index in [0.29, 0.717) is 0 Å². The van der Waals surface area contributed by atoms with Gasteiger partial charge in [0.1, 0.15) is 6.04 Å². The number of carbonyl (C=O) groups excluding carboxylic acids is 1. The smallest absolute Gasteiger partial charge is 0.222 e. The molecule has 2 heteroatoms. The SMILES string of the molecule is CN1CCc2ccccc2C1[C]=O. The molecule has 0 spiro atoms. The van der Waals surface area contributed by atoms with Crippen LogP contribution in [0.5, 0.6) is 0 Å². The van der Waals surface area contributed by atoms with E-state index in [2.05, 4.69) is 12.4 Å². The average molecular weight is 174 g/mol. The molecule has 0 amide bonds. The van der Waals surface area contributed by atoms with Gasteiger partial charge in [-0.2, -0.15) is 0 Å². The summed E-state index contributed by atoms with van der Waals surface area (Å²) >= 11 is 0. The van der Waals surface area contributed by atoms with Crippen LogP contribution in [0.1, 0.15) is 17.2 Å². The molecule has 1 aromatic carbocycles. The molecular formula is C11H12NO.